The summed E-state index contributed by atoms with van der Waals surface area (Å²) in [5.74, 6) is -0.320. The molecule has 3 aromatic rings. The van der Waals surface area contributed by atoms with E-state index in [0.29, 0.717) is 29.8 Å². The Morgan fingerprint density at radius 3 is 2.37 bits per heavy atom. The molecule has 2 N–H and O–H groups in total. The van der Waals surface area contributed by atoms with E-state index in [1.807, 2.05) is 31.2 Å². The highest BCUT2D eigenvalue weighted by molar-refractivity contribution is 6.05. The quantitative estimate of drug-likeness (QED) is 0.692. The molecule has 5 nitrogen and oxygen atoms in total. The molecule has 0 bridgehead atoms. The van der Waals surface area contributed by atoms with Crippen LogP contribution in [0.4, 0.5) is 11.4 Å². The van der Waals surface area contributed by atoms with Gasteiger partial charge >= 0.3 is 0 Å². The Kier molecular flexibility index (Phi) is 5.94. The summed E-state index contributed by atoms with van der Waals surface area (Å²) in [4.78, 5) is 28.5. The van der Waals surface area contributed by atoms with Crippen LogP contribution in [0.15, 0.2) is 73.1 Å². The average molecular weight is 359 g/mol. The van der Waals surface area contributed by atoms with Crippen LogP contribution in [-0.4, -0.2) is 16.8 Å². The van der Waals surface area contributed by atoms with Crippen LogP contribution in [0, 0.1) is 6.92 Å². The topological polar surface area (TPSA) is 71.1 Å². The van der Waals surface area contributed by atoms with Crippen LogP contribution in [0.2, 0.25) is 0 Å². The molecule has 3 rings (SSSR count). The number of aromatic nitrogens is 1. The van der Waals surface area contributed by atoms with Crippen molar-refractivity contribution in [2.24, 2.45) is 0 Å². The fraction of sp³-hybridized carbons (Fsp3) is 0.136. The predicted octanol–water partition coefficient (Wildman–Crippen LogP) is 4.21. The Morgan fingerprint density at radius 1 is 0.889 bits per heavy atom. The average Bonchev–Trinajstić information content (AvgIpc) is 2.68. The summed E-state index contributed by atoms with van der Waals surface area (Å²) in [5.41, 5.74) is 4.07. The lowest BCUT2D eigenvalue weighted by atomic mass is 10.1. The fourth-order valence-corrected chi connectivity index (χ4v) is 2.61. The maximum absolute atomic E-state index is 12.3. The number of carbonyl (C=O) groups is 2. The number of rotatable bonds is 6. The molecule has 1 aromatic heterocycles. The molecule has 27 heavy (non-hydrogen) atoms. The van der Waals surface area contributed by atoms with Gasteiger partial charge in [0.15, 0.2) is 0 Å². The molecule has 136 valence electrons. The van der Waals surface area contributed by atoms with Crippen molar-refractivity contribution in [3.8, 4) is 0 Å². The first-order valence-electron chi connectivity index (χ1n) is 8.77. The molecule has 5 heteroatoms. The summed E-state index contributed by atoms with van der Waals surface area (Å²) in [6, 6.07) is 18.5. The molecule has 2 aromatic carbocycles. The molecule has 1 heterocycles. The van der Waals surface area contributed by atoms with Crippen molar-refractivity contribution in [1.29, 1.82) is 0 Å². The second kappa shape index (κ2) is 8.76. The fourth-order valence-electron chi connectivity index (χ4n) is 2.61. The zero-order valence-electron chi connectivity index (χ0n) is 15.1. The molecule has 0 saturated carbocycles. The highest BCUT2D eigenvalue weighted by Gasteiger charge is 2.09. The summed E-state index contributed by atoms with van der Waals surface area (Å²) >= 11 is 0. The van der Waals surface area contributed by atoms with Crippen molar-refractivity contribution < 1.29 is 9.59 Å². The zero-order valence-corrected chi connectivity index (χ0v) is 15.1. The van der Waals surface area contributed by atoms with Crippen LogP contribution in [0.5, 0.6) is 0 Å². The third-order valence-corrected chi connectivity index (χ3v) is 4.11. The number of aryl methyl sites for hydroxylation is 2. The van der Waals surface area contributed by atoms with Gasteiger partial charge in [-0.3, -0.25) is 14.6 Å². The third kappa shape index (κ3) is 5.51. The first kappa shape index (κ1) is 18.3. The van der Waals surface area contributed by atoms with E-state index in [1.165, 1.54) is 5.56 Å². The second-order valence-electron chi connectivity index (χ2n) is 6.30. The van der Waals surface area contributed by atoms with Gasteiger partial charge < -0.3 is 10.6 Å². The van der Waals surface area contributed by atoms with E-state index < -0.39 is 0 Å². The first-order chi connectivity index (χ1) is 13.1. The van der Waals surface area contributed by atoms with Gasteiger partial charge in [-0.2, -0.15) is 0 Å². The number of anilines is 2. The van der Waals surface area contributed by atoms with Crippen molar-refractivity contribution in [2.75, 3.05) is 10.6 Å². The Labute approximate surface area is 158 Å². The minimum Gasteiger partial charge on any atom is -0.326 e. The SMILES string of the molecule is Cc1ccc(CCC(=O)Nc2cccc(C(=O)Nc3ccncc3)c2)cc1. The zero-order chi connectivity index (χ0) is 19.1. The first-order valence-corrected chi connectivity index (χ1v) is 8.77. The summed E-state index contributed by atoms with van der Waals surface area (Å²) < 4.78 is 0. The van der Waals surface area contributed by atoms with Gasteiger partial charge in [0.25, 0.3) is 5.91 Å². The molecule has 0 aliphatic rings. The van der Waals surface area contributed by atoms with E-state index >= 15 is 0 Å². The number of nitrogens with one attached hydrogen (secondary N) is 2. The van der Waals surface area contributed by atoms with Crippen LogP contribution in [0.25, 0.3) is 0 Å². The predicted molar refractivity (Wildman–Crippen MR) is 107 cm³/mol. The number of pyridine rings is 1. The summed E-state index contributed by atoms with van der Waals surface area (Å²) in [6.07, 6.45) is 4.28. The van der Waals surface area contributed by atoms with E-state index in [2.05, 4.69) is 15.6 Å². The van der Waals surface area contributed by atoms with Crippen molar-refractivity contribution in [1.82, 2.24) is 4.98 Å². The van der Waals surface area contributed by atoms with Crippen molar-refractivity contribution in [3.63, 3.8) is 0 Å². The maximum Gasteiger partial charge on any atom is 0.255 e. The van der Waals surface area contributed by atoms with E-state index in [-0.39, 0.29) is 11.8 Å². The number of carbonyl (C=O) groups excluding carboxylic acids is 2. The third-order valence-electron chi connectivity index (χ3n) is 4.11. The van der Waals surface area contributed by atoms with Gasteiger partial charge in [-0.1, -0.05) is 35.9 Å². The smallest absolute Gasteiger partial charge is 0.255 e. The lowest BCUT2D eigenvalue weighted by molar-refractivity contribution is -0.116. The van der Waals surface area contributed by atoms with Gasteiger partial charge in [-0.05, 0) is 49.2 Å². The van der Waals surface area contributed by atoms with Crippen LogP contribution in [0.3, 0.4) is 0 Å². The molecular formula is C22H21N3O2. The summed E-state index contributed by atoms with van der Waals surface area (Å²) in [7, 11) is 0. The molecule has 0 aliphatic carbocycles. The lowest BCUT2D eigenvalue weighted by Crippen LogP contribution is -2.15. The highest BCUT2D eigenvalue weighted by Crippen LogP contribution is 2.14. The van der Waals surface area contributed by atoms with E-state index in [9.17, 15) is 9.59 Å². The normalized spacial score (nSPS) is 10.3. The standard InChI is InChI=1S/C22H21N3O2/c1-16-5-7-17(8-6-16)9-10-21(26)24-20-4-2-3-18(15-20)22(27)25-19-11-13-23-14-12-19/h2-8,11-15H,9-10H2,1H3,(H,24,26)(H,23,25,27). The monoisotopic (exact) mass is 359 g/mol. The molecule has 0 saturated heterocycles. The van der Waals surface area contributed by atoms with Crippen LogP contribution in [0.1, 0.15) is 27.9 Å². The molecule has 0 aliphatic heterocycles. The van der Waals surface area contributed by atoms with Gasteiger partial charge in [-0.25, -0.2) is 0 Å². The van der Waals surface area contributed by atoms with Gasteiger partial charge in [0, 0.05) is 35.8 Å². The van der Waals surface area contributed by atoms with Gasteiger partial charge in [0.2, 0.25) is 5.91 Å². The van der Waals surface area contributed by atoms with Crippen LogP contribution >= 0.6 is 0 Å². The number of amides is 2. The summed E-state index contributed by atoms with van der Waals surface area (Å²) in [6.45, 7) is 2.04. The molecule has 0 unspecified atom stereocenters. The van der Waals surface area contributed by atoms with Crippen molar-refractivity contribution in [3.05, 3.63) is 89.7 Å². The van der Waals surface area contributed by atoms with Crippen LogP contribution in [-0.2, 0) is 11.2 Å². The number of benzene rings is 2. The molecule has 0 atom stereocenters. The Bertz CT molecular complexity index is 922. The van der Waals surface area contributed by atoms with E-state index in [4.69, 9.17) is 0 Å². The largest absolute Gasteiger partial charge is 0.326 e. The molecule has 2 amide bonds. The Morgan fingerprint density at radius 2 is 1.63 bits per heavy atom. The van der Waals surface area contributed by atoms with Crippen LogP contribution < -0.4 is 10.6 Å². The Balaban J connectivity index is 1.57. The van der Waals surface area contributed by atoms with Gasteiger partial charge in [0.05, 0.1) is 0 Å². The van der Waals surface area contributed by atoms with E-state index in [1.54, 1.807) is 48.8 Å². The van der Waals surface area contributed by atoms with E-state index in [0.717, 1.165) is 5.56 Å². The molecule has 0 spiro atoms. The number of nitrogens with zero attached hydrogens (tertiary/aromatic N) is 1. The molecule has 0 radical (unpaired) electrons. The minimum absolute atomic E-state index is 0.0812. The lowest BCUT2D eigenvalue weighted by Gasteiger charge is -2.08. The van der Waals surface area contributed by atoms with Crippen molar-refractivity contribution >= 4 is 23.2 Å². The maximum atomic E-state index is 12.3. The Hall–Kier alpha value is -3.47. The van der Waals surface area contributed by atoms with Gasteiger partial charge in [0.1, 0.15) is 0 Å². The minimum atomic E-state index is -0.239. The second-order valence-corrected chi connectivity index (χ2v) is 6.30. The summed E-state index contributed by atoms with van der Waals surface area (Å²) in [5, 5.41) is 5.65. The number of hydrogen-bond donors (Lipinski definition) is 2. The molecule has 0 fully saturated rings. The highest BCUT2D eigenvalue weighted by atomic mass is 16.2. The number of hydrogen-bond acceptors (Lipinski definition) is 3. The van der Waals surface area contributed by atoms with Crippen molar-refractivity contribution in [2.45, 2.75) is 19.8 Å². The van der Waals surface area contributed by atoms with Gasteiger partial charge in [-0.15, -0.1) is 0 Å². The molecular weight excluding hydrogens is 338 g/mol.